The van der Waals surface area contributed by atoms with E-state index in [-0.39, 0.29) is 128 Å². The number of alkyl halides is 7. The second-order valence-corrected chi connectivity index (χ2v) is 31.1. The van der Waals surface area contributed by atoms with E-state index >= 15 is 19.2 Å². The van der Waals surface area contributed by atoms with Crippen LogP contribution in [-0.4, -0.2) is 232 Å². The molecule has 0 aromatic rings. The van der Waals surface area contributed by atoms with Crippen LogP contribution in [-0.2, 0) is 52.7 Å². The number of nitrogens with zero attached hydrogens (tertiary/aromatic N) is 7. The summed E-state index contributed by atoms with van der Waals surface area (Å²) in [5, 5.41) is 10.2. The first-order chi connectivity index (χ1) is 46.4. The fourth-order valence-corrected chi connectivity index (χ4v) is 16.8. The molecular weight excluding hydrogens is 1320 g/mol. The second-order valence-electron chi connectivity index (χ2n) is 30.5. The first-order valence-electron chi connectivity index (χ1n) is 36.3. The zero-order valence-electron chi connectivity index (χ0n) is 59.9. The van der Waals surface area contributed by atoms with Crippen LogP contribution in [0.5, 0.6) is 0 Å². The third-order valence-electron chi connectivity index (χ3n) is 23.2. The van der Waals surface area contributed by atoms with Gasteiger partial charge in [0.2, 0.25) is 65.0 Å². The predicted octanol–water partition coefficient (Wildman–Crippen LogP) is 7.47. The van der Waals surface area contributed by atoms with Crippen molar-refractivity contribution in [2.24, 2.45) is 41.4 Å². The summed E-state index contributed by atoms with van der Waals surface area (Å²) in [6.07, 6.45) is -3.45. The van der Waals surface area contributed by atoms with Crippen LogP contribution in [0.1, 0.15) is 202 Å². The first-order valence-corrected chi connectivity index (χ1v) is 36.8. The molecule has 11 amide bonds. The standard InChI is InChI=1S/C70H110ClF6N11O11/c1-12-41(4)57-65(97)84(9)43(6)62(94)88-34-30-53(88)59(91)79-51(38-45-22-26-47(27-23-45)69(72,73)74)63(95)82(7)39-55(89)78-50(29-25-44-24-28-48(49(71)37-44)70(75,76)77)64(96)87-33-18-21-52(87)61(93)81-68(31-16-17-32-68)67(99)86(11)58(46-19-14-13-15-20-46)66(98)83(8)42(5)36-56(90)85(10)54(35-40(2)3)60(92)80-57/h40-54,57-58H,12-39H2,1-11H3,(H,78,89)(H,79,91)(H,80,92)(H,81,93)/t41-,42+,43-,44?,45?,47?,48?,49?,50-,51-,52-,53-,54-,57-,58-/m0/s1. The maximum atomic E-state index is 15.5. The highest BCUT2D eigenvalue weighted by atomic mass is 35.5. The van der Waals surface area contributed by atoms with Crippen molar-refractivity contribution >= 4 is 76.6 Å². The highest BCUT2D eigenvalue weighted by Crippen LogP contribution is 2.45. The van der Waals surface area contributed by atoms with E-state index in [0.717, 1.165) is 24.2 Å². The third-order valence-corrected chi connectivity index (χ3v) is 23.7. The Morgan fingerprint density at radius 2 is 1.19 bits per heavy atom. The van der Waals surface area contributed by atoms with Crippen molar-refractivity contribution < 1.29 is 79.1 Å². The van der Waals surface area contributed by atoms with Gasteiger partial charge in [0, 0.05) is 66.2 Å². The highest BCUT2D eigenvalue weighted by Gasteiger charge is 2.53. The van der Waals surface area contributed by atoms with Gasteiger partial charge in [0.1, 0.15) is 53.9 Å². The van der Waals surface area contributed by atoms with Crippen molar-refractivity contribution in [1.29, 1.82) is 0 Å². The number of hydrogen-bond donors (Lipinski definition) is 4. The van der Waals surface area contributed by atoms with Gasteiger partial charge in [-0.05, 0) is 159 Å². The van der Waals surface area contributed by atoms with Gasteiger partial charge in [0.15, 0.2) is 0 Å². The van der Waals surface area contributed by atoms with E-state index in [1.807, 2.05) is 20.8 Å². The maximum Gasteiger partial charge on any atom is 0.393 e. The maximum absolute atomic E-state index is 15.5. The summed E-state index contributed by atoms with van der Waals surface area (Å²) in [6, 6.07) is -10.5. The molecule has 0 bridgehead atoms. The smallest absolute Gasteiger partial charge is 0.343 e. The molecule has 560 valence electrons. The Labute approximate surface area is 584 Å². The fourth-order valence-electron chi connectivity index (χ4n) is 16.3. The summed E-state index contributed by atoms with van der Waals surface area (Å²) < 4.78 is 83.7. The number of fused-ring (bicyclic) bond motifs is 2. The number of rotatable bonds is 10. The fraction of sp³-hybridized carbons (Fsp3) is 0.843. The van der Waals surface area contributed by atoms with E-state index in [2.05, 4.69) is 21.3 Å². The van der Waals surface area contributed by atoms with E-state index in [9.17, 15) is 59.9 Å². The van der Waals surface area contributed by atoms with Crippen molar-refractivity contribution in [2.45, 2.75) is 280 Å². The van der Waals surface area contributed by atoms with Crippen LogP contribution in [0.25, 0.3) is 0 Å². The Morgan fingerprint density at radius 3 is 1.77 bits per heavy atom. The molecule has 3 heterocycles. The summed E-state index contributed by atoms with van der Waals surface area (Å²) in [5.74, 6) is -12.3. The second kappa shape index (κ2) is 34.3. The molecule has 7 aliphatic rings. The van der Waals surface area contributed by atoms with Gasteiger partial charge in [0.25, 0.3) is 0 Å². The minimum absolute atomic E-state index is 0.0386. The molecule has 3 aliphatic heterocycles. The van der Waals surface area contributed by atoms with Crippen LogP contribution in [0.15, 0.2) is 0 Å². The van der Waals surface area contributed by atoms with Gasteiger partial charge in [-0.25, -0.2) is 0 Å². The van der Waals surface area contributed by atoms with Crippen LogP contribution in [0.3, 0.4) is 0 Å². The van der Waals surface area contributed by atoms with Crippen LogP contribution in [0, 0.1) is 41.4 Å². The molecule has 3 unspecified atom stereocenters. The van der Waals surface area contributed by atoms with Gasteiger partial charge in [-0.2, -0.15) is 26.3 Å². The summed E-state index contributed by atoms with van der Waals surface area (Å²) in [4.78, 5) is 172. The minimum Gasteiger partial charge on any atom is -0.343 e. The largest absolute Gasteiger partial charge is 0.393 e. The molecule has 1 spiro atoms. The van der Waals surface area contributed by atoms with Gasteiger partial charge in [0.05, 0.1) is 18.4 Å². The summed E-state index contributed by atoms with van der Waals surface area (Å²) in [5.41, 5.74) is -1.51. The zero-order valence-corrected chi connectivity index (χ0v) is 60.6. The lowest BCUT2D eigenvalue weighted by atomic mass is 9.78. The molecular formula is C70H110ClF6N11O11. The van der Waals surface area contributed by atoms with Crippen molar-refractivity contribution in [3.8, 4) is 0 Å². The molecule has 0 radical (unpaired) electrons. The minimum atomic E-state index is -4.54. The Kier molecular flexibility index (Phi) is 27.9. The lowest BCUT2D eigenvalue weighted by Crippen LogP contribution is -2.65. The molecule has 4 N–H and O–H groups in total. The van der Waals surface area contributed by atoms with Crippen molar-refractivity contribution in [3.05, 3.63) is 0 Å². The summed E-state index contributed by atoms with van der Waals surface area (Å²) >= 11 is 6.37. The lowest BCUT2D eigenvalue weighted by Gasteiger charge is -2.43. The molecule has 22 nitrogen and oxygen atoms in total. The SMILES string of the molecule is CC[C@H](C)[C@@H]1NC(=O)[C@H](CC(C)C)N(C)C(=O)C[C@@H](C)N(C)C(=O)[C@H](C2CCCCC2)N(C)C(=O)C2(CCCC2)NC(=O)[C@@H]2CCCN2C(=O)[C@H](CCC2CCC(C(F)(F)F)C(Cl)C2)NC(=O)CN(C)C(=O)[C@H](CC2CCC(C(F)(F)F)CC2)NC(=O)[C@@H]2CCN2C(=O)[C@H](C)N(C)C1=O. The van der Waals surface area contributed by atoms with Crippen LogP contribution in [0.4, 0.5) is 26.3 Å². The highest BCUT2D eigenvalue weighted by molar-refractivity contribution is 6.20. The summed E-state index contributed by atoms with van der Waals surface area (Å²) in [6.45, 7) is 9.89. The Balaban J connectivity index is 1.24. The lowest BCUT2D eigenvalue weighted by molar-refractivity contribution is -0.184. The average molecular weight is 1430 g/mol. The topological polar surface area (TPSA) is 259 Å². The Bertz CT molecular complexity index is 2890. The van der Waals surface area contributed by atoms with E-state index in [1.165, 1.54) is 57.5 Å². The molecule has 4 aliphatic carbocycles. The number of likely N-dealkylation sites (N-methyl/N-ethyl adjacent to an activating group) is 5. The van der Waals surface area contributed by atoms with Crippen molar-refractivity contribution in [2.75, 3.05) is 54.9 Å². The van der Waals surface area contributed by atoms with Gasteiger partial charge in [-0.3, -0.25) is 52.7 Å². The van der Waals surface area contributed by atoms with E-state index in [4.69, 9.17) is 11.6 Å². The summed E-state index contributed by atoms with van der Waals surface area (Å²) in [7, 11) is 7.27. The number of nitrogens with one attached hydrogen (secondary N) is 4. The molecule has 99 heavy (non-hydrogen) atoms. The van der Waals surface area contributed by atoms with E-state index < -0.39 is 179 Å². The molecule has 0 aromatic carbocycles. The van der Waals surface area contributed by atoms with Gasteiger partial charge in [-0.1, -0.05) is 66.2 Å². The monoisotopic (exact) mass is 1430 g/mol. The van der Waals surface area contributed by atoms with Gasteiger partial charge < -0.3 is 55.6 Å². The third kappa shape index (κ3) is 19.6. The van der Waals surface area contributed by atoms with Crippen LogP contribution in [0.2, 0.25) is 0 Å². The van der Waals surface area contributed by atoms with Crippen LogP contribution < -0.4 is 21.3 Å². The first kappa shape index (κ1) is 80.4. The average Bonchev–Trinajstić information content (AvgIpc) is 1.77. The molecule has 13 atom stereocenters. The number of carbonyl (C=O) groups excluding carboxylic acids is 11. The van der Waals surface area contributed by atoms with E-state index in [1.54, 1.807) is 27.9 Å². The molecule has 4 saturated carbocycles. The zero-order chi connectivity index (χ0) is 73.3. The van der Waals surface area contributed by atoms with Crippen molar-refractivity contribution in [1.82, 2.24) is 55.6 Å². The van der Waals surface area contributed by atoms with Crippen molar-refractivity contribution in [3.63, 3.8) is 0 Å². The number of hydrogen-bond acceptors (Lipinski definition) is 11. The predicted molar refractivity (Wildman–Crippen MR) is 357 cm³/mol. The molecule has 7 fully saturated rings. The molecule has 3 saturated heterocycles. The Morgan fingerprint density at radius 1 is 0.576 bits per heavy atom. The molecule has 7 rings (SSSR count). The molecule has 0 aromatic heterocycles. The number of carbonyl (C=O) groups is 11. The van der Waals surface area contributed by atoms with Gasteiger partial charge >= 0.3 is 12.4 Å². The van der Waals surface area contributed by atoms with Crippen LogP contribution >= 0.6 is 11.6 Å². The Hall–Kier alpha value is -5.96. The van der Waals surface area contributed by atoms with Gasteiger partial charge in [-0.15, -0.1) is 11.6 Å². The molecule has 29 heteroatoms. The normalized spacial score (nSPS) is 32.7. The number of amides is 11. The number of halogens is 7. The quantitative estimate of drug-likeness (QED) is 0.123. The van der Waals surface area contributed by atoms with E-state index in [0.29, 0.717) is 38.5 Å².